The predicted molar refractivity (Wildman–Crippen MR) is 144 cm³/mol. The van der Waals surface area contributed by atoms with Crippen LogP contribution in [0.4, 0.5) is 0 Å². The van der Waals surface area contributed by atoms with Crippen LogP contribution in [-0.4, -0.2) is 35.8 Å². The van der Waals surface area contributed by atoms with Crippen molar-refractivity contribution in [1.29, 1.82) is 0 Å². The van der Waals surface area contributed by atoms with Crippen LogP contribution in [0.1, 0.15) is 99.3 Å². The summed E-state index contributed by atoms with van der Waals surface area (Å²) >= 11 is 0. The van der Waals surface area contributed by atoms with Crippen molar-refractivity contribution in [3.8, 4) is 0 Å². The molecule has 0 aromatic carbocycles. The summed E-state index contributed by atoms with van der Waals surface area (Å²) in [4.78, 5) is 15.9. The lowest BCUT2D eigenvalue weighted by molar-refractivity contribution is 0.183. The fourth-order valence-corrected chi connectivity index (χ4v) is 5.90. The zero-order chi connectivity index (χ0) is 23.6. The van der Waals surface area contributed by atoms with Crippen molar-refractivity contribution in [2.24, 2.45) is 32.2 Å². The molecule has 4 rings (SSSR count). The van der Waals surface area contributed by atoms with Crippen LogP contribution in [0.25, 0.3) is 0 Å². The summed E-state index contributed by atoms with van der Waals surface area (Å²) in [5, 5.41) is 0. The first-order valence-electron chi connectivity index (χ1n) is 13.6. The number of hydrogen-bond acceptors (Lipinski definition) is 3. The summed E-state index contributed by atoms with van der Waals surface area (Å²) in [6.07, 6.45) is 20.0. The van der Waals surface area contributed by atoms with Crippen molar-refractivity contribution in [3.05, 3.63) is 34.9 Å². The summed E-state index contributed by atoms with van der Waals surface area (Å²) in [5.74, 6) is 1.03. The van der Waals surface area contributed by atoms with Gasteiger partial charge in [0.2, 0.25) is 0 Å². The molecule has 0 aromatic heterocycles. The number of hydrogen-bond donors (Lipinski definition) is 0. The van der Waals surface area contributed by atoms with Gasteiger partial charge in [0.05, 0.1) is 23.8 Å². The van der Waals surface area contributed by atoms with E-state index < -0.39 is 0 Å². The lowest BCUT2D eigenvalue weighted by Gasteiger charge is -2.36. The number of aliphatic imine (C=N–C) groups is 3. The van der Waals surface area contributed by atoms with Gasteiger partial charge in [-0.2, -0.15) is 0 Å². The van der Waals surface area contributed by atoms with Gasteiger partial charge in [0.15, 0.2) is 0 Å². The molecule has 2 heterocycles. The Balaban J connectivity index is 1.80. The van der Waals surface area contributed by atoms with Crippen LogP contribution in [-0.2, 0) is 0 Å². The summed E-state index contributed by atoms with van der Waals surface area (Å²) in [6, 6.07) is 1.08. The molecule has 1 fully saturated rings. The molecule has 4 atom stereocenters. The van der Waals surface area contributed by atoms with E-state index in [2.05, 4.69) is 66.0 Å². The van der Waals surface area contributed by atoms with Crippen LogP contribution in [0.2, 0.25) is 0 Å². The number of rotatable bonds is 3. The Bertz CT molecular complexity index is 907. The minimum absolute atomic E-state index is 0.173. The van der Waals surface area contributed by atoms with E-state index in [1.54, 1.807) is 0 Å². The first-order valence-corrected chi connectivity index (χ1v) is 13.6. The van der Waals surface area contributed by atoms with Gasteiger partial charge >= 0.3 is 0 Å². The predicted octanol–water partition coefficient (Wildman–Crippen LogP) is 7.73. The van der Waals surface area contributed by atoms with E-state index in [4.69, 9.17) is 15.0 Å². The molecule has 0 spiro atoms. The summed E-state index contributed by atoms with van der Waals surface area (Å²) in [7, 11) is 0. The Kier molecular flexibility index (Phi) is 7.56. The third-order valence-corrected chi connectivity index (χ3v) is 9.16. The van der Waals surface area contributed by atoms with Gasteiger partial charge in [-0.1, -0.05) is 70.8 Å². The molecule has 4 aliphatic rings. The van der Waals surface area contributed by atoms with Crippen molar-refractivity contribution in [2.45, 2.75) is 117 Å². The van der Waals surface area contributed by atoms with E-state index in [0.29, 0.717) is 23.9 Å². The number of dihydropyridines is 1. The lowest BCUT2D eigenvalue weighted by Crippen LogP contribution is -2.33. The maximum atomic E-state index is 5.45. The maximum Gasteiger partial charge on any atom is 0.0752 e. The molecule has 0 bridgehead atoms. The molecular weight excluding hydrogens is 402 g/mol. The van der Waals surface area contributed by atoms with Crippen LogP contribution >= 0.6 is 0 Å². The molecule has 0 amide bonds. The first-order chi connectivity index (χ1) is 15.8. The molecule has 180 valence electrons. The molecule has 4 unspecified atom stereocenters. The van der Waals surface area contributed by atoms with Crippen LogP contribution in [0.15, 0.2) is 49.9 Å². The Morgan fingerprint density at radius 2 is 1.82 bits per heavy atom. The first kappa shape index (κ1) is 24.4. The van der Waals surface area contributed by atoms with Gasteiger partial charge in [0.1, 0.15) is 0 Å². The molecule has 3 heteroatoms. The molecule has 0 N–H and O–H groups in total. The van der Waals surface area contributed by atoms with Crippen LogP contribution in [0.3, 0.4) is 0 Å². The second-order valence-electron chi connectivity index (χ2n) is 11.5. The van der Waals surface area contributed by atoms with E-state index in [1.165, 1.54) is 60.2 Å². The van der Waals surface area contributed by atoms with Gasteiger partial charge in [0.25, 0.3) is 0 Å². The largest absolute Gasteiger partial charge is 0.289 e. The molecular formula is C30H45N3. The monoisotopic (exact) mass is 447 g/mol. The molecule has 3 nitrogen and oxygen atoms in total. The third kappa shape index (κ3) is 5.03. The van der Waals surface area contributed by atoms with E-state index >= 15 is 0 Å². The molecule has 2 aliphatic heterocycles. The normalized spacial score (nSPS) is 35.1. The minimum Gasteiger partial charge on any atom is -0.289 e. The van der Waals surface area contributed by atoms with Gasteiger partial charge in [-0.3, -0.25) is 15.0 Å². The lowest BCUT2D eigenvalue weighted by atomic mass is 9.71. The van der Waals surface area contributed by atoms with Crippen molar-refractivity contribution in [3.63, 3.8) is 0 Å². The molecule has 0 radical (unpaired) electrons. The van der Waals surface area contributed by atoms with Crippen LogP contribution in [0.5, 0.6) is 0 Å². The minimum atomic E-state index is 0.173. The molecule has 2 aliphatic carbocycles. The van der Waals surface area contributed by atoms with Gasteiger partial charge in [-0.25, -0.2) is 0 Å². The van der Waals surface area contributed by atoms with Crippen LogP contribution < -0.4 is 0 Å². The summed E-state index contributed by atoms with van der Waals surface area (Å²) in [6.45, 7) is 14.0. The maximum absolute atomic E-state index is 5.45. The second kappa shape index (κ2) is 10.2. The van der Waals surface area contributed by atoms with Gasteiger partial charge in [-0.15, -0.1) is 0 Å². The Morgan fingerprint density at radius 1 is 1.06 bits per heavy atom. The summed E-state index contributed by atoms with van der Waals surface area (Å²) in [5.41, 5.74) is 6.79. The quantitative estimate of drug-likeness (QED) is 0.397. The zero-order valence-corrected chi connectivity index (χ0v) is 21.9. The van der Waals surface area contributed by atoms with E-state index in [-0.39, 0.29) is 11.5 Å². The number of allylic oxidation sites excluding steroid dienone is 5. The van der Waals surface area contributed by atoms with E-state index in [9.17, 15) is 0 Å². The van der Waals surface area contributed by atoms with Gasteiger partial charge < -0.3 is 0 Å². The average molecular weight is 448 g/mol. The molecule has 0 aromatic rings. The molecule has 0 saturated heterocycles. The fraction of sp³-hybridized carbons (Fsp3) is 0.700. The van der Waals surface area contributed by atoms with Gasteiger partial charge in [0, 0.05) is 29.0 Å². The van der Waals surface area contributed by atoms with Crippen molar-refractivity contribution >= 4 is 17.6 Å². The average Bonchev–Trinajstić information content (AvgIpc) is 2.94. The smallest absolute Gasteiger partial charge is 0.0752 e. The highest BCUT2D eigenvalue weighted by Crippen LogP contribution is 2.40. The van der Waals surface area contributed by atoms with Crippen LogP contribution in [0, 0.1) is 17.3 Å². The van der Waals surface area contributed by atoms with Gasteiger partial charge in [-0.05, 0) is 63.7 Å². The number of nitrogens with zero attached hydrogens (tertiary/aromatic N) is 3. The standard InChI is InChI=1S/C30H45N3/c1-20(2)30(6)18-17-24(19-31-23(30)5)29-28-26(21(3)22(4)32-29)15-11-8-12-16-27(28)33-25-13-9-7-10-14-25/h8,11,17,19-23,25H,7,9-10,12-16,18H2,1-6H3. The molecule has 1 saturated carbocycles. The van der Waals surface area contributed by atoms with E-state index in [1.807, 2.05) is 0 Å². The highest BCUT2D eigenvalue weighted by Gasteiger charge is 2.37. The highest BCUT2D eigenvalue weighted by molar-refractivity contribution is 6.36. The highest BCUT2D eigenvalue weighted by atomic mass is 14.9. The Hall–Kier alpha value is -1.77. The topological polar surface area (TPSA) is 37.1 Å². The fourth-order valence-electron chi connectivity index (χ4n) is 5.90. The van der Waals surface area contributed by atoms with Crippen molar-refractivity contribution < 1.29 is 0 Å². The van der Waals surface area contributed by atoms with Crippen molar-refractivity contribution in [2.75, 3.05) is 0 Å². The second-order valence-corrected chi connectivity index (χ2v) is 11.5. The Labute approximate surface area is 202 Å². The third-order valence-electron chi connectivity index (χ3n) is 9.16. The molecule has 33 heavy (non-hydrogen) atoms. The Morgan fingerprint density at radius 3 is 2.55 bits per heavy atom. The zero-order valence-electron chi connectivity index (χ0n) is 21.9. The van der Waals surface area contributed by atoms with Crippen molar-refractivity contribution in [1.82, 2.24) is 0 Å². The SMILES string of the molecule is CC1N=C(C2=CCC(C)(C(C)C)C(C)N=C2)C2=C(CC=CCCC2=NC2CCCCC2)C1C. The van der Waals surface area contributed by atoms with E-state index in [0.717, 1.165) is 25.7 Å². The summed E-state index contributed by atoms with van der Waals surface area (Å²) < 4.78 is 0.